The van der Waals surface area contributed by atoms with Crippen LogP contribution < -0.4 is 11.1 Å². The minimum atomic E-state index is -0.798. The highest BCUT2D eigenvalue weighted by Gasteiger charge is 2.21. The summed E-state index contributed by atoms with van der Waals surface area (Å²) in [5.41, 5.74) is 9.07. The molecule has 2 heterocycles. The Morgan fingerprint density at radius 3 is 2.49 bits per heavy atom. The fourth-order valence-corrected chi connectivity index (χ4v) is 5.45. The zero-order valence-corrected chi connectivity index (χ0v) is 22.0. The van der Waals surface area contributed by atoms with Gasteiger partial charge in [0.25, 0.3) is 0 Å². The van der Waals surface area contributed by atoms with Crippen molar-refractivity contribution >= 4 is 39.7 Å². The lowest BCUT2D eigenvalue weighted by Gasteiger charge is -2.13. The Balaban J connectivity index is 1.56. The number of halogens is 2. The number of nitrogens with zero attached hydrogens (tertiary/aromatic N) is 4. The van der Waals surface area contributed by atoms with Crippen LogP contribution in [0, 0.1) is 34.3 Å². The first-order chi connectivity index (χ1) is 18.8. The van der Waals surface area contributed by atoms with Gasteiger partial charge in [0.05, 0.1) is 29.7 Å². The Bertz CT molecular complexity index is 1560. The summed E-state index contributed by atoms with van der Waals surface area (Å²) in [6, 6.07) is 14.6. The number of nitrogens with one attached hydrogen (secondary N) is 1. The number of benzene rings is 2. The molecule has 1 atom stereocenters. The Morgan fingerprint density at radius 1 is 1.08 bits per heavy atom. The van der Waals surface area contributed by atoms with Gasteiger partial charge in [-0.05, 0) is 36.1 Å². The van der Waals surface area contributed by atoms with Gasteiger partial charge >= 0.3 is 0 Å². The molecule has 4 aromatic rings. The fourth-order valence-electron chi connectivity index (χ4n) is 3.73. The minimum Gasteiger partial charge on any atom is -0.394 e. The van der Waals surface area contributed by atoms with Gasteiger partial charge in [0.1, 0.15) is 40.2 Å². The zero-order valence-electron chi connectivity index (χ0n) is 20.4. The quantitative estimate of drug-likeness (QED) is 0.192. The van der Waals surface area contributed by atoms with E-state index in [1.165, 1.54) is 29.2 Å². The van der Waals surface area contributed by atoms with E-state index in [0.717, 1.165) is 17.7 Å². The number of aliphatic hydroxyl groups is 2. The summed E-state index contributed by atoms with van der Waals surface area (Å²) < 4.78 is 27.1. The number of pyridine rings is 1. The van der Waals surface area contributed by atoms with Crippen LogP contribution in [0.1, 0.15) is 28.8 Å². The molecule has 0 saturated carbocycles. The van der Waals surface area contributed by atoms with Crippen molar-refractivity contribution in [2.75, 3.05) is 17.7 Å². The molecule has 2 aromatic heterocycles. The first-order valence-corrected chi connectivity index (χ1v) is 13.5. The zero-order chi connectivity index (χ0) is 27.9. The maximum absolute atomic E-state index is 14.0. The number of anilines is 3. The standard InChI is InChI=1S/C27H22F2N6O2S2/c28-17-6-8-23(22(29)9-17)34-27-33-18(14-39-27)13-38-26-21(11-31)24(20(10-30)25(32)35-26)16-4-1-15(2-5-16)3-7-19(37)12-36/h1-2,4-6,8-9,14,19,36-37H,3,7,12-13H2,(H2,32,35)(H,33,34)/t19-/m0/s1. The average molecular weight is 565 g/mol. The number of nitrogens with two attached hydrogens (primary N) is 1. The second kappa shape index (κ2) is 12.7. The monoisotopic (exact) mass is 564 g/mol. The molecule has 4 rings (SSSR count). The van der Waals surface area contributed by atoms with Gasteiger partial charge in [-0.2, -0.15) is 10.5 Å². The molecule has 8 nitrogen and oxygen atoms in total. The topological polar surface area (TPSA) is 152 Å². The van der Waals surface area contributed by atoms with Gasteiger partial charge in [0.2, 0.25) is 0 Å². The van der Waals surface area contributed by atoms with Crippen molar-refractivity contribution in [3.05, 3.63) is 81.9 Å². The van der Waals surface area contributed by atoms with Crippen LogP contribution in [0.2, 0.25) is 0 Å². The van der Waals surface area contributed by atoms with E-state index in [1.807, 2.05) is 12.1 Å². The molecule has 198 valence electrons. The second-order valence-corrected chi connectivity index (χ2v) is 10.2. The smallest absolute Gasteiger partial charge is 0.187 e. The molecule has 0 aliphatic rings. The predicted molar refractivity (Wildman–Crippen MR) is 146 cm³/mol. The van der Waals surface area contributed by atoms with Gasteiger partial charge in [0.15, 0.2) is 5.13 Å². The van der Waals surface area contributed by atoms with Crippen LogP contribution in [0.5, 0.6) is 0 Å². The number of hydrogen-bond donors (Lipinski definition) is 4. The number of aliphatic hydroxyl groups excluding tert-OH is 2. The number of aromatic nitrogens is 2. The normalized spacial score (nSPS) is 11.5. The summed E-state index contributed by atoms with van der Waals surface area (Å²) in [6.45, 7) is -0.308. The largest absolute Gasteiger partial charge is 0.394 e. The van der Waals surface area contributed by atoms with Crippen LogP contribution in [0.3, 0.4) is 0 Å². The van der Waals surface area contributed by atoms with Crippen molar-refractivity contribution in [3.63, 3.8) is 0 Å². The van der Waals surface area contributed by atoms with Crippen LogP contribution in [0.4, 0.5) is 25.4 Å². The van der Waals surface area contributed by atoms with E-state index < -0.39 is 17.7 Å². The van der Waals surface area contributed by atoms with E-state index in [9.17, 15) is 24.4 Å². The van der Waals surface area contributed by atoms with E-state index in [-0.39, 0.29) is 29.2 Å². The maximum atomic E-state index is 14.0. The number of thiazole rings is 1. The molecule has 2 aromatic carbocycles. The molecule has 39 heavy (non-hydrogen) atoms. The molecule has 0 unspecified atom stereocenters. The van der Waals surface area contributed by atoms with Crippen LogP contribution in [-0.2, 0) is 12.2 Å². The molecule has 5 N–H and O–H groups in total. The summed E-state index contributed by atoms with van der Waals surface area (Å²) in [4.78, 5) is 8.73. The summed E-state index contributed by atoms with van der Waals surface area (Å²) in [6.07, 6.45) is 0.155. The molecular formula is C27H22F2N6O2S2. The number of rotatable bonds is 10. The Kier molecular flexibility index (Phi) is 9.07. The van der Waals surface area contributed by atoms with Gasteiger partial charge in [-0.25, -0.2) is 18.7 Å². The van der Waals surface area contributed by atoms with Gasteiger partial charge < -0.3 is 21.3 Å². The number of aryl methyl sites for hydroxylation is 1. The summed E-state index contributed by atoms with van der Waals surface area (Å²) >= 11 is 2.47. The third-order valence-corrected chi connectivity index (χ3v) is 7.53. The van der Waals surface area contributed by atoms with Crippen molar-refractivity contribution < 1.29 is 19.0 Å². The molecule has 0 spiro atoms. The van der Waals surface area contributed by atoms with E-state index in [4.69, 9.17) is 10.8 Å². The summed E-state index contributed by atoms with van der Waals surface area (Å²) in [5, 5.41) is 43.7. The lowest BCUT2D eigenvalue weighted by Crippen LogP contribution is -2.12. The lowest BCUT2D eigenvalue weighted by molar-refractivity contribution is 0.0886. The third-order valence-electron chi connectivity index (χ3n) is 5.72. The lowest BCUT2D eigenvalue weighted by atomic mass is 9.95. The highest BCUT2D eigenvalue weighted by molar-refractivity contribution is 7.98. The number of thioether (sulfide) groups is 1. The van der Waals surface area contributed by atoms with Gasteiger partial charge in [-0.1, -0.05) is 36.0 Å². The molecule has 0 amide bonds. The molecule has 0 bridgehead atoms. The van der Waals surface area contributed by atoms with E-state index in [0.29, 0.717) is 45.6 Å². The average Bonchev–Trinajstić information content (AvgIpc) is 3.39. The second-order valence-electron chi connectivity index (χ2n) is 8.40. The molecule has 12 heteroatoms. The minimum absolute atomic E-state index is 0.00318. The Morgan fingerprint density at radius 2 is 1.82 bits per heavy atom. The van der Waals surface area contributed by atoms with Crippen molar-refractivity contribution in [1.82, 2.24) is 9.97 Å². The van der Waals surface area contributed by atoms with Gasteiger partial charge in [-0.15, -0.1) is 11.3 Å². The van der Waals surface area contributed by atoms with E-state index in [2.05, 4.69) is 27.4 Å². The van der Waals surface area contributed by atoms with Crippen LogP contribution in [-0.4, -0.2) is 32.9 Å². The summed E-state index contributed by atoms with van der Waals surface area (Å²) in [7, 11) is 0. The molecule has 0 aliphatic heterocycles. The fraction of sp³-hybridized carbons (Fsp3) is 0.185. The van der Waals surface area contributed by atoms with Crippen molar-refractivity contribution in [1.29, 1.82) is 10.5 Å². The van der Waals surface area contributed by atoms with E-state index in [1.54, 1.807) is 17.5 Å². The van der Waals surface area contributed by atoms with Crippen molar-refractivity contribution in [3.8, 4) is 23.3 Å². The number of nitriles is 2. The molecular weight excluding hydrogens is 542 g/mol. The van der Waals surface area contributed by atoms with Crippen molar-refractivity contribution in [2.45, 2.75) is 29.7 Å². The first-order valence-electron chi connectivity index (χ1n) is 11.6. The first kappa shape index (κ1) is 28.0. The van der Waals surface area contributed by atoms with Crippen molar-refractivity contribution in [2.24, 2.45) is 0 Å². The van der Waals surface area contributed by atoms with Gasteiger partial charge in [-0.3, -0.25) is 0 Å². The third kappa shape index (κ3) is 6.69. The highest BCUT2D eigenvalue weighted by atomic mass is 32.2. The maximum Gasteiger partial charge on any atom is 0.187 e. The molecule has 0 radical (unpaired) electrons. The molecule has 0 saturated heterocycles. The summed E-state index contributed by atoms with van der Waals surface area (Å²) in [5.74, 6) is -1.09. The van der Waals surface area contributed by atoms with Crippen LogP contribution >= 0.6 is 23.1 Å². The number of hydrogen-bond acceptors (Lipinski definition) is 10. The molecule has 0 fully saturated rings. The van der Waals surface area contributed by atoms with Crippen LogP contribution in [0.25, 0.3) is 11.1 Å². The van der Waals surface area contributed by atoms with Gasteiger partial charge in [0, 0.05) is 22.8 Å². The SMILES string of the molecule is N#Cc1c(N)nc(SCc2csc(Nc3ccc(F)cc3F)n2)c(C#N)c1-c1ccc(CC[C@H](O)CO)cc1. The van der Waals surface area contributed by atoms with E-state index >= 15 is 0 Å². The number of nitrogen functional groups attached to an aromatic ring is 1. The Labute approximate surface area is 231 Å². The molecule has 0 aliphatic carbocycles. The van der Waals surface area contributed by atoms with Crippen LogP contribution in [0.15, 0.2) is 52.9 Å². The highest BCUT2D eigenvalue weighted by Crippen LogP contribution is 2.37. The Hall–Kier alpha value is -4.07. The predicted octanol–water partition coefficient (Wildman–Crippen LogP) is 5.13.